The van der Waals surface area contributed by atoms with Gasteiger partial charge in [0.05, 0.1) is 16.8 Å². The maximum absolute atomic E-state index is 12.8. The summed E-state index contributed by atoms with van der Waals surface area (Å²) in [6, 6.07) is 7.57. The third-order valence-electron chi connectivity index (χ3n) is 4.08. The van der Waals surface area contributed by atoms with Gasteiger partial charge >= 0.3 is 5.69 Å². The van der Waals surface area contributed by atoms with E-state index in [4.69, 9.17) is 0 Å². The standard InChI is InChI=1S/C16H20N2O3S/c1-22(20,21)12-11-17-14-9-5-6-10-15(14)18(16(17)19)13-7-3-2-4-8-13/h5-7,9-10H,2-4,8,11-12H2,1H3. The monoisotopic (exact) mass is 320 g/mol. The van der Waals surface area contributed by atoms with Crippen molar-refractivity contribution in [1.82, 2.24) is 9.13 Å². The second-order valence-electron chi connectivity index (χ2n) is 5.83. The first-order valence-corrected chi connectivity index (χ1v) is 9.61. The van der Waals surface area contributed by atoms with Gasteiger partial charge in [0.15, 0.2) is 0 Å². The number of benzene rings is 1. The molecule has 0 bridgehead atoms. The Kier molecular flexibility index (Phi) is 3.95. The molecule has 0 aliphatic heterocycles. The predicted molar refractivity (Wildman–Crippen MR) is 88.6 cm³/mol. The Morgan fingerprint density at radius 3 is 2.50 bits per heavy atom. The molecule has 0 amide bonds. The first-order valence-electron chi connectivity index (χ1n) is 7.55. The summed E-state index contributed by atoms with van der Waals surface area (Å²) in [7, 11) is -3.11. The number of hydrogen-bond donors (Lipinski definition) is 0. The molecule has 0 radical (unpaired) electrons. The molecule has 0 unspecified atom stereocenters. The molecular formula is C16H20N2O3S. The molecule has 0 N–H and O–H groups in total. The molecule has 1 heterocycles. The highest BCUT2D eigenvalue weighted by atomic mass is 32.2. The molecule has 0 fully saturated rings. The minimum absolute atomic E-state index is 0.0278. The second kappa shape index (κ2) is 5.76. The Labute approximate surface area is 129 Å². The summed E-state index contributed by atoms with van der Waals surface area (Å²) in [6.07, 6.45) is 7.44. The lowest BCUT2D eigenvalue weighted by atomic mass is 10.0. The Hall–Kier alpha value is -1.82. The number of imidazole rings is 1. The second-order valence-corrected chi connectivity index (χ2v) is 8.09. The normalized spacial score (nSPS) is 16.0. The van der Waals surface area contributed by atoms with Crippen molar-refractivity contribution < 1.29 is 8.42 Å². The fraction of sp³-hybridized carbons (Fsp3) is 0.438. The van der Waals surface area contributed by atoms with E-state index in [1.807, 2.05) is 24.3 Å². The summed E-state index contributed by atoms with van der Waals surface area (Å²) in [6.45, 7) is 0.193. The molecule has 3 rings (SSSR count). The van der Waals surface area contributed by atoms with Crippen LogP contribution in [0.15, 0.2) is 35.1 Å². The molecule has 2 aromatic rings. The highest BCUT2D eigenvalue weighted by molar-refractivity contribution is 7.90. The summed E-state index contributed by atoms with van der Waals surface area (Å²) < 4.78 is 26.2. The van der Waals surface area contributed by atoms with Gasteiger partial charge in [-0.25, -0.2) is 13.2 Å². The van der Waals surface area contributed by atoms with E-state index in [-0.39, 0.29) is 18.0 Å². The molecule has 0 saturated heterocycles. The minimum atomic E-state index is -3.11. The molecule has 0 atom stereocenters. The van der Waals surface area contributed by atoms with Crippen LogP contribution in [0, 0.1) is 0 Å². The fourth-order valence-corrected chi connectivity index (χ4v) is 3.50. The summed E-state index contributed by atoms with van der Waals surface area (Å²) in [5, 5.41) is 0. The largest absolute Gasteiger partial charge is 0.333 e. The van der Waals surface area contributed by atoms with Crippen LogP contribution in [-0.4, -0.2) is 29.6 Å². The highest BCUT2D eigenvalue weighted by Gasteiger charge is 2.17. The van der Waals surface area contributed by atoms with Crippen molar-refractivity contribution >= 4 is 26.6 Å². The van der Waals surface area contributed by atoms with E-state index >= 15 is 0 Å². The summed E-state index contributed by atoms with van der Waals surface area (Å²) >= 11 is 0. The smallest absolute Gasteiger partial charge is 0.291 e. The van der Waals surface area contributed by atoms with Crippen molar-refractivity contribution in [2.24, 2.45) is 0 Å². The molecule has 22 heavy (non-hydrogen) atoms. The van der Waals surface area contributed by atoms with E-state index in [1.165, 1.54) is 6.26 Å². The van der Waals surface area contributed by atoms with Crippen LogP contribution in [0.25, 0.3) is 16.7 Å². The zero-order valence-corrected chi connectivity index (χ0v) is 13.5. The molecule has 1 aromatic heterocycles. The molecule has 6 heteroatoms. The fourth-order valence-electron chi connectivity index (χ4n) is 2.98. The van der Waals surface area contributed by atoms with Crippen molar-refractivity contribution in [2.45, 2.75) is 32.2 Å². The third kappa shape index (κ3) is 2.88. The van der Waals surface area contributed by atoms with Gasteiger partial charge in [0, 0.05) is 18.5 Å². The highest BCUT2D eigenvalue weighted by Crippen LogP contribution is 2.24. The molecule has 1 aromatic carbocycles. The van der Waals surface area contributed by atoms with Crippen molar-refractivity contribution in [3.05, 3.63) is 40.8 Å². The molecule has 5 nitrogen and oxygen atoms in total. The van der Waals surface area contributed by atoms with Gasteiger partial charge in [-0.3, -0.25) is 9.13 Å². The van der Waals surface area contributed by atoms with Gasteiger partial charge in [-0.15, -0.1) is 0 Å². The molecule has 0 spiro atoms. The Balaban J connectivity index is 2.15. The molecule has 1 aliphatic carbocycles. The van der Waals surface area contributed by atoms with Gasteiger partial charge in [-0.2, -0.15) is 0 Å². The van der Waals surface area contributed by atoms with Crippen molar-refractivity contribution in [3.63, 3.8) is 0 Å². The van der Waals surface area contributed by atoms with E-state index in [2.05, 4.69) is 6.08 Å². The number of aryl methyl sites for hydroxylation is 1. The lowest BCUT2D eigenvalue weighted by Gasteiger charge is -2.13. The van der Waals surface area contributed by atoms with E-state index in [9.17, 15) is 13.2 Å². The van der Waals surface area contributed by atoms with Crippen molar-refractivity contribution in [2.75, 3.05) is 12.0 Å². The van der Waals surface area contributed by atoms with Gasteiger partial charge in [0.2, 0.25) is 0 Å². The van der Waals surface area contributed by atoms with E-state index in [0.29, 0.717) is 0 Å². The third-order valence-corrected chi connectivity index (χ3v) is 5.00. The Morgan fingerprint density at radius 1 is 1.14 bits per heavy atom. The Morgan fingerprint density at radius 2 is 1.86 bits per heavy atom. The first kappa shape index (κ1) is 15.1. The number of rotatable bonds is 4. The maximum Gasteiger partial charge on any atom is 0.333 e. The van der Waals surface area contributed by atoms with Crippen molar-refractivity contribution in [1.29, 1.82) is 0 Å². The summed E-state index contributed by atoms with van der Waals surface area (Å²) in [5.41, 5.74) is 2.54. The Bertz CT molecular complexity index is 888. The SMILES string of the molecule is CS(=O)(=O)CCn1c(=O)n(C2=CCCCC2)c2ccccc21. The topological polar surface area (TPSA) is 61.1 Å². The van der Waals surface area contributed by atoms with Crippen LogP contribution < -0.4 is 5.69 Å². The van der Waals surface area contributed by atoms with Crippen LogP contribution >= 0.6 is 0 Å². The molecular weight excluding hydrogens is 300 g/mol. The number of fused-ring (bicyclic) bond motifs is 1. The number of hydrogen-bond acceptors (Lipinski definition) is 3. The van der Waals surface area contributed by atoms with Crippen LogP contribution in [0.3, 0.4) is 0 Å². The van der Waals surface area contributed by atoms with Crippen LogP contribution in [0.2, 0.25) is 0 Å². The summed E-state index contributed by atoms with van der Waals surface area (Å²) in [4.78, 5) is 12.8. The van der Waals surface area contributed by atoms with E-state index in [0.717, 1.165) is 42.4 Å². The van der Waals surface area contributed by atoms with E-state index in [1.54, 1.807) is 9.13 Å². The van der Waals surface area contributed by atoms with Crippen molar-refractivity contribution in [3.8, 4) is 0 Å². The number of para-hydroxylation sites is 2. The van der Waals surface area contributed by atoms with Gasteiger partial charge in [-0.05, 0) is 37.8 Å². The number of nitrogens with zero attached hydrogens (tertiary/aromatic N) is 2. The number of aromatic nitrogens is 2. The van der Waals surface area contributed by atoms with Crippen LogP contribution in [0.5, 0.6) is 0 Å². The van der Waals surface area contributed by atoms with Gasteiger partial charge < -0.3 is 0 Å². The minimum Gasteiger partial charge on any atom is -0.291 e. The molecule has 118 valence electrons. The molecule has 1 aliphatic rings. The maximum atomic E-state index is 12.8. The van der Waals surface area contributed by atoms with Gasteiger partial charge in [0.1, 0.15) is 9.84 Å². The number of sulfone groups is 1. The number of allylic oxidation sites excluding steroid dienone is 2. The van der Waals surface area contributed by atoms with Crippen LogP contribution in [-0.2, 0) is 16.4 Å². The zero-order chi connectivity index (χ0) is 15.7. The average molecular weight is 320 g/mol. The lowest BCUT2D eigenvalue weighted by molar-refractivity contribution is 0.594. The average Bonchev–Trinajstić information content (AvgIpc) is 2.77. The first-order chi connectivity index (χ1) is 10.5. The van der Waals surface area contributed by atoms with Crippen LogP contribution in [0.1, 0.15) is 25.7 Å². The lowest BCUT2D eigenvalue weighted by Crippen LogP contribution is -2.26. The van der Waals surface area contributed by atoms with Gasteiger partial charge in [0.25, 0.3) is 0 Å². The van der Waals surface area contributed by atoms with Crippen LogP contribution in [0.4, 0.5) is 0 Å². The van der Waals surface area contributed by atoms with Gasteiger partial charge in [-0.1, -0.05) is 18.2 Å². The van der Waals surface area contributed by atoms with E-state index < -0.39 is 9.84 Å². The predicted octanol–water partition coefficient (Wildman–Crippen LogP) is 2.26. The summed E-state index contributed by atoms with van der Waals surface area (Å²) in [5.74, 6) is -0.0278. The quantitative estimate of drug-likeness (QED) is 0.868. The molecule has 0 saturated carbocycles. The zero-order valence-electron chi connectivity index (χ0n) is 12.7.